The minimum absolute atomic E-state index is 0.00476. The summed E-state index contributed by atoms with van der Waals surface area (Å²) in [5.74, 6) is 0. The molecule has 0 fully saturated rings. The van der Waals surface area contributed by atoms with Crippen molar-refractivity contribution in [2.45, 2.75) is 12.0 Å². The first kappa shape index (κ1) is 12.3. The summed E-state index contributed by atoms with van der Waals surface area (Å²) < 4.78 is 1.51. The van der Waals surface area contributed by atoms with Crippen molar-refractivity contribution in [1.29, 1.82) is 0 Å². The number of alkyl halides is 1. The topological polar surface area (TPSA) is 76.9 Å². The molecule has 0 saturated carbocycles. The molecular formula is C9H10ClN3O3. The van der Waals surface area contributed by atoms with Gasteiger partial charge in [0.25, 0.3) is 0 Å². The van der Waals surface area contributed by atoms with Crippen molar-refractivity contribution < 1.29 is 0 Å². The summed E-state index contributed by atoms with van der Waals surface area (Å²) in [6, 6.07) is 0. The van der Waals surface area contributed by atoms with Crippen LogP contribution in [0.3, 0.4) is 0 Å². The van der Waals surface area contributed by atoms with E-state index in [0.717, 1.165) is 4.57 Å². The van der Waals surface area contributed by atoms with Crippen molar-refractivity contribution in [3.8, 4) is 0 Å². The number of hydrogen-bond acceptors (Lipinski definition) is 3. The average Bonchev–Trinajstić information content (AvgIpc) is 2.23. The first-order chi connectivity index (χ1) is 7.52. The van der Waals surface area contributed by atoms with Crippen LogP contribution < -0.4 is 17.1 Å². The van der Waals surface area contributed by atoms with Crippen molar-refractivity contribution >= 4 is 11.6 Å². The lowest BCUT2D eigenvalue weighted by atomic mass is 10.5. The van der Waals surface area contributed by atoms with Gasteiger partial charge in [-0.05, 0) is 0 Å². The van der Waals surface area contributed by atoms with E-state index in [1.807, 2.05) is 4.98 Å². The quantitative estimate of drug-likeness (QED) is 0.588. The van der Waals surface area contributed by atoms with Crippen LogP contribution in [0.25, 0.3) is 0 Å². The molecule has 0 aliphatic rings. The Kier molecular flexibility index (Phi) is 3.68. The lowest BCUT2D eigenvalue weighted by Crippen LogP contribution is -2.49. The molecule has 0 saturated heterocycles. The molecule has 1 heterocycles. The monoisotopic (exact) mass is 243 g/mol. The van der Waals surface area contributed by atoms with Crippen molar-refractivity contribution in [3.63, 3.8) is 0 Å². The molecule has 0 spiro atoms. The van der Waals surface area contributed by atoms with Gasteiger partial charge >= 0.3 is 17.1 Å². The third kappa shape index (κ3) is 2.06. The number of H-pyrrole nitrogens is 1. The van der Waals surface area contributed by atoms with Crippen LogP contribution in [0.15, 0.2) is 39.7 Å². The third-order valence-electron chi connectivity index (χ3n) is 1.87. The van der Waals surface area contributed by atoms with Gasteiger partial charge in [-0.3, -0.25) is 4.98 Å². The number of aromatic nitrogens is 3. The maximum Gasteiger partial charge on any atom is 0.338 e. The smallest absolute Gasteiger partial charge is 0.259 e. The van der Waals surface area contributed by atoms with E-state index in [4.69, 9.17) is 11.6 Å². The van der Waals surface area contributed by atoms with Crippen molar-refractivity contribution in [2.75, 3.05) is 0 Å². The van der Waals surface area contributed by atoms with Crippen LogP contribution in [0.5, 0.6) is 0 Å². The number of rotatable bonds is 4. The van der Waals surface area contributed by atoms with Crippen LogP contribution in [0.4, 0.5) is 0 Å². The second kappa shape index (κ2) is 4.80. The van der Waals surface area contributed by atoms with Gasteiger partial charge in [-0.2, -0.15) is 0 Å². The van der Waals surface area contributed by atoms with E-state index in [2.05, 4.69) is 13.2 Å². The average molecular weight is 244 g/mol. The zero-order valence-corrected chi connectivity index (χ0v) is 9.11. The highest BCUT2D eigenvalue weighted by molar-refractivity contribution is 6.20. The van der Waals surface area contributed by atoms with Crippen LogP contribution >= 0.6 is 11.6 Å². The number of hydrogen-bond donors (Lipinski definition) is 1. The Balaban J connectivity index is 3.64. The fourth-order valence-corrected chi connectivity index (χ4v) is 1.31. The van der Waals surface area contributed by atoms with Crippen molar-refractivity contribution in [1.82, 2.24) is 14.1 Å². The molecule has 0 amide bonds. The molecule has 0 aliphatic heterocycles. The zero-order chi connectivity index (χ0) is 12.3. The first-order valence-electron chi connectivity index (χ1n) is 4.36. The van der Waals surface area contributed by atoms with E-state index in [0.29, 0.717) is 4.57 Å². The Hall–Kier alpha value is -1.82. The first-order valence-corrected chi connectivity index (χ1v) is 4.79. The number of nitrogens with zero attached hydrogens (tertiary/aromatic N) is 2. The number of aromatic amines is 1. The Morgan fingerprint density at radius 1 is 1.31 bits per heavy atom. The minimum atomic E-state index is -1.01. The second-order valence-corrected chi connectivity index (χ2v) is 3.34. The Bertz CT molecular complexity index is 581. The van der Waals surface area contributed by atoms with E-state index in [1.165, 1.54) is 12.2 Å². The molecule has 0 aromatic carbocycles. The zero-order valence-electron chi connectivity index (χ0n) is 8.35. The largest absolute Gasteiger partial charge is 0.338 e. The number of allylic oxidation sites excluding steroid dienone is 2. The highest BCUT2D eigenvalue weighted by Crippen LogP contribution is 2.05. The maximum atomic E-state index is 11.7. The van der Waals surface area contributed by atoms with Crippen LogP contribution in [0.2, 0.25) is 0 Å². The molecule has 0 bridgehead atoms. The molecule has 1 atom stereocenters. The van der Waals surface area contributed by atoms with Gasteiger partial charge < -0.3 is 0 Å². The van der Waals surface area contributed by atoms with E-state index >= 15 is 0 Å². The van der Waals surface area contributed by atoms with Crippen LogP contribution in [-0.2, 0) is 6.54 Å². The molecule has 6 nitrogen and oxygen atoms in total. The molecule has 86 valence electrons. The molecule has 7 heteroatoms. The predicted octanol–water partition coefficient (Wildman–Crippen LogP) is -0.192. The highest BCUT2D eigenvalue weighted by Gasteiger charge is 2.13. The van der Waals surface area contributed by atoms with Gasteiger partial charge in [-0.15, -0.1) is 6.58 Å². The van der Waals surface area contributed by atoms with Gasteiger partial charge in [-0.25, -0.2) is 23.5 Å². The molecule has 1 N–H and O–H groups in total. The summed E-state index contributed by atoms with van der Waals surface area (Å²) in [5.41, 5.74) is -3.46. The van der Waals surface area contributed by atoms with Crippen LogP contribution in [-0.4, -0.2) is 14.1 Å². The fraction of sp³-hybridized carbons (Fsp3) is 0.222. The summed E-state index contributed by atoms with van der Waals surface area (Å²) in [7, 11) is 0. The Labute approximate surface area is 95.1 Å². The number of nitrogens with one attached hydrogen (secondary N) is 1. The summed E-state index contributed by atoms with van der Waals surface area (Å²) in [6.45, 7) is 6.76. The lowest BCUT2D eigenvalue weighted by Gasteiger charge is -2.08. The molecule has 1 aromatic rings. The molecule has 1 rings (SSSR count). The highest BCUT2D eigenvalue weighted by atomic mass is 35.5. The van der Waals surface area contributed by atoms with Crippen molar-refractivity contribution in [2.24, 2.45) is 0 Å². The molecular weight excluding hydrogens is 234 g/mol. The summed E-state index contributed by atoms with van der Waals surface area (Å²) in [5, 5.41) is 0. The van der Waals surface area contributed by atoms with Crippen LogP contribution in [0.1, 0.15) is 5.50 Å². The maximum absolute atomic E-state index is 11.7. The normalized spacial score (nSPS) is 12.1. The predicted molar refractivity (Wildman–Crippen MR) is 60.9 cm³/mol. The van der Waals surface area contributed by atoms with Gasteiger partial charge in [0.2, 0.25) is 0 Å². The standard InChI is InChI=1S/C9H10ClN3O3/c1-3-5-12-7(14)11-8(15)13(9(12)16)6(10)4-2/h3-4,6H,1-2,5H2,(H,11,14,15). The van der Waals surface area contributed by atoms with Gasteiger partial charge in [0.05, 0.1) is 6.54 Å². The van der Waals surface area contributed by atoms with E-state index < -0.39 is 22.6 Å². The van der Waals surface area contributed by atoms with Gasteiger partial charge in [-0.1, -0.05) is 30.3 Å². The van der Waals surface area contributed by atoms with Crippen molar-refractivity contribution in [3.05, 3.63) is 56.8 Å². The summed E-state index contributed by atoms with van der Waals surface area (Å²) in [4.78, 5) is 36.4. The van der Waals surface area contributed by atoms with Gasteiger partial charge in [0, 0.05) is 0 Å². The van der Waals surface area contributed by atoms with Crippen LogP contribution in [0, 0.1) is 0 Å². The SMILES string of the molecule is C=CCn1c(=O)[nH]c(=O)n(C(Cl)C=C)c1=O. The summed E-state index contributed by atoms with van der Waals surface area (Å²) in [6.07, 6.45) is 2.57. The second-order valence-electron chi connectivity index (χ2n) is 2.90. The molecule has 1 unspecified atom stereocenters. The van der Waals surface area contributed by atoms with E-state index in [9.17, 15) is 14.4 Å². The van der Waals surface area contributed by atoms with E-state index in [-0.39, 0.29) is 6.54 Å². The fourth-order valence-electron chi connectivity index (χ4n) is 1.14. The Morgan fingerprint density at radius 2 is 1.94 bits per heavy atom. The lowest BCUT2D eigenvalue weighted by molar-refractivity contribution is 0.561. The Morgan fingerprint density at radius 3 is 2.44 bits per heavy atom. The third-order valence-corrected chi connectivity index (χ3v) is 2.24. The molecule has 1 aromatic heterocycles. The van der Waals surface area contributed by atoms with Gasteiger partial charge in [0.15, 0.2) is 0 Å². The molecule has 0 radical (unpaired) electrons. The molecule has 0 aliphatic carbocycles. The number of halogens is 1. The molecule has 16 heavy (non-hydrogen) atoms. The minimum Gasteiger partial charge on any atom is -0.259 e. The van der Waals surface area contributed by atoms with Gasteiger partial charge in [0.1, 0.15) is 5.50 Å². The summed E-state index contributed by atoms with van der Waals surface area (Å²) >= 11 is 5.71. The van der Waals surface area contributed by atoms with E-state index in [1.54, 1.807) is 0 Å².